The van der Waals surface area contributed by atoms with E-state index in [1.54, 1.807) is 12.1 Å². The predicted octanol–water partition coefficient (Wildman–Crippen LogP) is 4.53. The number of benzene rings is 3. The SMILES string of the molecule is O=C1c2cccc3c(SCCOCc4ccccc4)ccc(c23)C(=O)N1OS(=O)(=O)C(F)(F)F. The molecular weight excluding hydrogens is 495 g/mol. The number of hydrogen-bond donors (Lipinski definition) is 0. The van der Waals surface area contributed by atoms with E-state index >= 15 is 0 Å². The zero-order chi connectivity index (χ0) is 24.5. The molecule has 1 heterocycles. The summed E-state index contributed by atoms with van der Waals surface area (Å²) in [6.07, 6.45) is 0. The van der Waals surface area contributed by atoms with Crippen molar-refractivity contribution >= 4 is 44.5 Å². The van der Waals surface area contributed by atoms with E-state index < -0.39 is 27.4 Å². The minimum atomic E-state index is -6.21. The average molecular weight is 511 g/mol. The number of nitrogens with zero attached hydrogens (tertiary/aromatic N) is 1. The van der Waals surface area contributed by atoms with Gasteiger partial charge in [0.15, 0.2) is 0 Å². The summed E-state index contributed by atoms with van der Waals surface area (Å²) in [6.45, 7) is 0.877. The number of imide groups is 1. The standard InChI is InChI=1S/C22H16F3NO6S2/c23-22(24,25)34(29,30)32-26-20(27)16-8-4-7-15-18(10-9-17(19(15)16)21(26)28)33-12-11-31-13-14-5-2-1-3-6-14/h1-10H,11-13H2. The van der Waals surface area contributed by atoms with Crippen molar-refractivity contribution in [3.05, 3.63) is 77.4 Å². The number of halogens is 3. The van der Waals surface area contributed by atoms with Crippen LogP contribution in [0.3, 0.4) is 0 Å². The molecule has 7 nitrogen and oxygen atoms in total. The second kappa shape index (κ2) is 9.37. The molecule has 1 aliphatic heterocycles. The van der Waals surface area contributed by atoms with Crippen LogP contribution in [0.25, 0.3) is 10.8 Å². The van der Waals surface area contributed by atoms with Crippen molar-refractivity contribution in [1.29, 1.82) is 0 Å². The van der Waals surface area contributed by atoms with Crippen LogP contribution in [0.1, 0.15) is 26.3 Å². The molecule has 34 heavy (non-hydrogen) atoms. The van der Waals surface area contributed by atoms with E-state index in [0.717, 1.165) is 10.5 Å². The van der Waals surface area contributed by atoms with E-state index in [0.29, 0.717) is 24.4 Å². The highest BCUT2D eigenvalue weighted by Gasteiger charge is 2.51. The number of ether oxygens (including phenoxy) is 1. The lowest BCUT2D eigenvalue weighted by Crippen LogP contribution is -2.44. The second-order valence-electron chi connectivity index (χ2n) is 7.11. The number of amides is 2. The Balaban J connectivity index is 1.54. The van der Waals surface area contributed by atoms with Crippen LogP contribution in [0.5, 0.6) is 0 Å². The topological polar surface area (TPSA) is 90.0 Å². The molecule has 12 heteroatoms. The Morgan fingerprint density at radius 1 is 0.882 bits per heavy atom. The number of hydrogen-bond acceptors (Lipinski definition) is 7. The number of carbonyl (C=O) groups is 2. The van der Waals surface area contributed by atoms with Gasteiger partial charge in [-0.05, 0) is 29.1 Å². The van der Waals surface area contributed by atoms with Crippen molar-refractivity contribution in [2.45, 2.75) is 17.0 Å². The number of rotatable bonds is 8. The molecule has 2 amide bonds. The first-order chi connectivity index (χ1) is 16.1. The molecule has 0 aromatic heterocycles. The molecule has 0 radical (unpaired) electrons. The maximum Gasteiger partial charge on any atom is 0.525 e. The summed E-state index contributed by atoms with van der Waals surface area (Å²) in [6, 6.07) is 17.0. The summed E-state index contributed by atoms with van der Waals surface area (Å²) in [7, 11) is -6.21. The van der Waals surface area contributed by atoms with Gasteiger partial charge in [0.25, 0.3) is 11.8 Å². The highest BCUT2D eigenvalue weighted by atomic mass is 32.2. The zero-order valence-electron chi connectivity index (χ0n) is 17.2. The number of thioether (sulfide) groups is 1. The Morgan fingerprint density at radius 3 is 2.24 bits per heavy atom. The Labute approximate surface area is 196 Å². The molecule has 0 spiro atoms. The van der Waals surface area contributed by atoms with E-state index in [9.17, 15) is 31.2 Å². The second-order valence-corrected chi connectivity index (χ2v) is 9.76. The van der Waals surface area contributed by atoms with Gasteiger partial charge in [0.2, 0.25) is 0 Å². The van der Waals surface area contributed by atoms with E-state index in [2.05, 4.69) is 4.28 Å². The molecule has 0 saturated heterocycles. The van der Waals surface area contributed by atoms with Crippen LogP contribution in [-0.4, -0.2) is 43.2 Å². The smallest absolute Gasteiger partial charge is 0.376 e. The van der Waals surface area contributed by atoms with Gasteiger partial charge in [-0.2, -0.15) is 21.6 Å². The average Bonchev–Trinajstić information content (AvgIpc) is 2.80. The third-order valence-electron chi connectivity index (χ3n) is 4.88. The maximum absolute atomic E-state index is 12.7. The zero-order valence-corrected chi connectivity index (χ0v) is 18.9. The Bertz CT molecular complexity index is 1340. The van der Waals surface area contributed by atoms with Crippen molar-refractivity contribution in [3.63, 3.8) is 0 Å². The highest BCUT2D eigenvalue weighted by molar-refractivity contribution is 7.99. The van der Waals surface area contributed by atoms with Crippen molar-refractivity contribution in [2.75, 3.05) is 12.4 Å². The molecule has 3 aromatic carbocycles. The number of alkyl halides is 3. The molecule has 0 N–H and O–H groups in total. The monoisotopic (exact) mass is 511 g/mol. The van der Waals surface area contributed by atoms with Gasteiger partial charge in [-0.3, -0.25) is 9.59 Å². The predicted molar refractivity (Wildman–Crippen MR) is 117 cm³/mol. The summed E-state index contributed by atoms with van der Waals surface area (Å²) in [5, 5.41) is 0.379. The van der Waals surface area contributed by atoms with Gasteiger partial charge in [0.05, 0.1) is 24.3 Å². The Kier molecular flexibility index (Phi) is 6.67. The minimum absolute atomic E-state index is 0.146. The molecule has 0 atom stereocenters. The van der Waals surface area contributed by atoms with Gasteiger partial charge in [-0.25, -0.2) is 0 Å². The lowest BCUT2D eigenvalue weighted by molar-refractivity contribution is -0.0761. The van der Waals surface area contributed by atoms with Crippen molar-refractivity contribution in [1.82, 2.24) is 5.06 Å². The van der Waals surface area contributed by atoms with Crippen molar-refractivity contribution in [2.24, 2.45) is 0 Å². The fraction of sp³-hybridized carbons (Fsp3) is 0.182. The Morgan fingerprint density at radius 2 is 1.56 bits per heavy atom. The molecule has 1 aliphatic rings. The van der Waals surface area contributed by atoms with Crippen LogP contribution < -0.4 is 0 Å². The summed E-state index contributed by atoms with van der Waals surface area (Å²) >= 11 is 1.42. The first-order valence-corrected chi connectivity index (χ1v) is 12.2. The summed E-state index contributed by atoms with van der Waals surface area (Å²) in [5.41, 5.74) is -5.06. The van der Waals surface area contributed by atoms with Crippen LogP contribution in [0.15, 0.2) is 65.6 Å². The lowest BCUT2D eigenvalue weighted by Gasteiger charge is -2.26. The number of hydroxylamine groups is 2. The van der Waals surface area contributed by atoms with Crippen LogP contribution in [-0.2, 0) is 25.7 Å². The first-order valence-electron chi connectivity index (χ1n) is 9.80. The molecular formula is C22H16F3NO6S2. The van der Waals surface area contributed by atoms with E-state index in [-0.39, 0.29) is 21.6 Å². The summed E-state index contributed by atoms with van der Waals surface area (Å²) in [5.74, 6) is -2.04. The van der Waals surface area contributed by atoms with Crippen LogP contribution in [0.2, 0.25) is 0 Å². The van der Waals surface area contributed by atoms with Gasteiger partial charge in [-0.15, -0.1) is 21.1 Å². The highest BCUT2D eigenvalue weighted by Crippen LogP contribution is 2.37. The molecule has 0 fully saturated rings. The molecule has 0 aliphatic carbocycles. The maximum atomic E-state index is 12.7. The Hall–Kier alpha value is -2.93. The van der Waals surface area contributed by atoms with Gasteiger partial charge < -0.3 is 4.74 Å². The first kappa shape index (κ1) is 24.2. The molecule has 0 bridgehead atoms. The van der Waals surface area contributed by atoms with Crippen LogP contribution in [0, 0.1) is 0 Å². The van der Waals surface area contributed by atoms with E-state index in [1.807, 2.05) is 30.3 Å². The lowest BCUT2D eigenvalue weighted by atomic mass is 9.95. The van der Waals surface area contributed by atoms with Crippen molar-refractivity contribution in [3.8, 4) is 0 Å². The van der Waals surface area contributed by atoms with E-state index in [4.69, 9.17) is 4.74 Å². The van der Waals surface area contributed by atoms with Crippen LogP contribution in [0.4, 0.5) is 13.2 Å². The molecule has 0 saturated carbocycles. The minimum Gasteiger partial charge on any atom is -0.376 e. The molecule has 0 unspecified atom stereocenters. The van der Waals surface area contributed by atoms with Crippen LogP contribution >= 0.6 is 11.8 Å². The molecule has 178 valence electrons. The third-order valence-corrected chi connectivity index (χ3v) is 6.83. The normalized spacial score (nSPS) is 14.1. The number of carbonyl (C=O) groups excluding carboxylic acids is 2. The summed E-state index contributed by atoms with van der Waals surface area (Å²) in [4.78, 5) is 26.1. The summed E-state index contributed by atoms with van der Waals surface area (Å²) < 4.78 is 70.4. The molecule has 3 aromatic rings. The van der Waals surface area contributed by atoms with Gasteiger partial charge in [-0.1, -0.05) is 42.5 Å². The fourth-order valence-corrected chi connectivity index (χ4v) is 4.68. The van der Waals surface area contributed by atoms with Gasteiger partial charge in [0, 0.05) is 16.0 Å². The van der Waals surface area contributed by atoms with E-state index in [1.165, 1.54) is 30.0 Å². The third kappa shape index (κ3) is 4.67. The van der Waals surface area contributed by atoms with Crippen molar-refractivity contribution < 1.29 is 40.2 Å². The largest absolute Gasteiger partial charge is 0.525 e. The quantitative estimate of drug-likeness (QED) is 0.190. The van der Waals surface area contributed by atoms with Gasteiger partial charge in [0.1, 0.15) is 0 Å². The fourth-order valence-electron chi connectivity index (χ4n) is 3.36. The van der Waals surface area contributed by atoms with Gasteiger partial charge >= 0.3 is 15.6 Å². The molecule has 4 rings (SSSR count).